The van der Waals surface area contributed by atoms with Crippen LogP contribution in [0.25, 0.3) is 0 Å². The molecule has 1 aliphatic rings. The van der Waals surface area contributed by atoms with Crippen LogP contribution in [0.1, 0.15) is 53.0 Å². The van der Waals surface area contributed by atoms with Crippen LogP contribution in [0.3, 0.4) is 0 Å². The van der Waals surface area contributed by atoms with E-state index in [1.54, 1.807) is 6.07 Å². The highest BCUT2D eigenvalue weighted by Gasteiger charge is 2.31. The van der Waals surface area contributed by atoms with Crippen molar-refractivity contribution in [3.63, 3.8) is 0 Å². The zero-order chi connectivity index (χ0) is 24.7. The summed E-state index contributed by atoms with van der Waals surface area (Å²) in [5, 5.41) is 27.4. The van der Waals surface area contributed by atoms with Gasteiger partial charge in [0.2, 0.25) is 5.91 Å². The van der Waals surface area contributed by atoms with Gasteiger partial charge in [0.15, 0.2) is 0 Å². The number of ether oxygens (including phenoxy) is 1. The first-order valence-corrected chi connectivity index (χ1v) is 11.2. The number of carbonyl (C=O) groups is 3. The lowest BCUT2D eigenvalue weighted by molar-refractivity contribution is -0.124. The quantitative estimate of drug-likeness (QED) is 0.353. The fraction of sp³-hybridized carbons (Fsp3) is 0.391. The van der Waals surface area contributed by atoms with Gasteiger partial charge in [0.25, 0.3) is 11.8 Å². The molecule has 0 unspecified atom stereocenters. The smallest absolute Gasteiger partial charge is 0.488 e. The number of nitrogens with one attached hydrogen (secondary N) is 3. The topological polar surface area (TPSA) is 150 Å². The van der Waals surface area contributed by atoms with Gasteiger partial charge in [0.05, 0.1) is 7.11 Å². The van der Waals surface area contributed by atoms with Gasteiger partial charge in [-0.3, -0.25) is 19.4 Å². The minimum absolute atomic E-state index is 0.00992. The molecular formula is C23H29BN4O6. The van der Waals surface area contributed by atoms with Crippen molar-refractivity contribution in [3.05, 3.63) is 47.8 Å². The van der Waals surface area contributed by atoms with Crippen LogP contribution < -0.4 is 26.2 Å². The summed E-state index contributed by atoms with van der Waals surface area (Å²) >= 11 is 0. The lowest BCUT2D eigenvalue weighted by Gasteiger charge is -2.29. The SMILES string of the molecule is CNC(=O)[C@H](NC(=O)c1cc(NC(=O)c2cc(OC)ccn2)cc(B(O)O)c1)C1CCCCC1. The molecule has 2 aromatic rings. The van der Waals surface area contributed by atoms with Crippen LogP contribution in [0.15, 0.2) is 36.5 Å². The first-order chi connectivity index (χ1) is 16.3. The van der Waals surface area contributed by atoms with Gasteiger partial charge in [-0.25, -0.2) is 0 Å². The van der Waals surface area contributed by atoms with Crippen molar-refractivity contribution in [3.8, 4) is 5.75 Å². The largest absolute Gasteiger partial charge is 0.497 e. The van der Waals surface area contributed by atoms with E-state index < -0.39 is 25.0 Å². The molecule has 34 heavy (non-hydrogen) atoms. The Morgan fingerprint density at radius 2 is 1.82 bits per heavy atom. The molecule has 1 atom stereocenters. The minimum atomic E-state index is -1.87. The summed E-state index contributed by atoms with van der Waals surface area (Å²) < 4.78 is 5.10. The molecule has 1 saturated carbocycles. The Morgan fingerprint density at radius 3 is 2.47 bits per heavy atom. The van der Waals surface area contributed by atoms with Gasteiger partial charge >= 0.3 is 7.12 Å². The van der Waals surface area contributed by atoms with E-state index in [4.69, 9.17) is 4.74 Å². The van der Waals surface area contributed by atoms with Gasteiger partial charge in [0, 0.05) is 30.6 Å². The molecule has 0 saturated heterocycles. The fourth-order valence-electron chi connectivity index (χ4n) is 4.11. The maximum atomic E-state index is 13.1. The Kier molecular flexibility index (Phi) is 8.61. The normalized spacial score (nSPS) is 14.6. The van der Waals surface area contributed by atoms with E-state index in [-0.39, 0.29) is 34.2 Å². The minimum Gasteiger partial charge on any atom is -0.497 e. The lowest BCUT2D eigenvalue weighted by atomic mass is 9.79. The molecule has 1 aromatic carbocycles. The van der Waals surface area contributed by atoms with Crippen LogP contribution in [0, 0.1) is 5.92 Å². The van der Waals surface area contributed by atoms with Crippen molar-refractivity contribution < 1.29 is 29.2 Å². The highest BCUT2D eigenvalue weighted by atomic mass is 16.5. The first-order valence-electron chi connectivity index (χ1n) is 11.2. The number of anilines is 1. The van der Waals surface area contributed by atoms with E-state index in [2.05, 4.69) is 20.9 Å². The van der Waals surface area contributed by atoms with Crippen LogP contribution in [-0.4, -0.2) is 60.1 Å². The molecule has 180 valence electrons. The van der Waals surface area contributed by atoms with Crippen molar-refractivity contribution in [2.45, 2.75) is 38.1 Å². The van der Waals surface area contributed by atoms with E-state index in [9.17, 15) is 24.4 Å². The number of rotatable bonds is 8. The zero-order valence-corrected chi connectivity index (χ0v) is 19.2. The van der Waals surface area contributed by atoms with Crippen LogP contribution in [0.4, 0.5) is 5.69 Å². The third-order valence-electron chi connectivity index (χ3n) is 5.91. The maximum Gasteiger partial charge on any atom is 0.488 e. The van der Waals surface area contributed by atoms with Crippen molar-refractivity contribution >= 4 is 36.0 Å². The number of benzene rings is 1. The molecular weight excluding hydrogens is 439 g/mol. The summed E-state index contributed by atoms with van der Waals surface area (Å²) in [6.07, 6.45) is 6.19. The summed E-state index contributed by atoms with van der Waals surface area (Å²) in [4.78, 5) is 42.2. The van der Waals surface area contributed by atoms with E-state index in [1.807, 2.05) is 0 Å². The summed E-state index contributed by atoms with van der Waals surface area (Å²) in [5.74, 6) is -0.946. The number of likely N-dealkylation sites (N-methyl/N-ethyl adjacent to an activating group) is 1. The number of nitrogens with zero attached hydrogens (tertiary/aromatic N) is 1. The monoisotopic (exact) mass is 468 g/mol. The van der Waals surface area contributed by atoms with E-state index in [1.165, 1.54) is 44.6 Å². The number of methoxy groups -OCH3 is 1. The van der Waals surface area contributed by atoms with Crippen LogP contribution in [-0.2, 0) is 4.79 Å². The fourth-order valence-corrected chi connectivity index (χ4v) is 4.11. The third kappa shape index (κ3) is 6.33. The highest BCUT2D eigenvalue weighted by molar-refractivity contribution is 6.58. The molecule has 3 rings (SSSR count). The van der Waals surface area contributed by atoms with Crippen LogP contribution in [0.2, 0.25) is 0 Å². The third-order valence-corrected chi connectivity index (χ3v) is 5.91. The van der Waals surface area contributed by atoms with Crippen molar-refractivity contribution in [1.82, 2.24) is 15.6 Å². The van der Waals surface area contributed by atoms with Gasteiger partial charge in [-0.1, -0.05) is 19.3 Å². The molecule has 0 bridgehead atoms. The Bertz CT molecular complexity index is 1040. The molecule has 0 aliphatic heterocycles. The molecule has 1 heterocycles. The predicted octanol–water partition coefficient (Wildman–Crippen LogP) is 0.447. The molecule has 1 aliphatic carbocycles. The zero-order valence-electron chi connectivity index (χ0n) is 19.2. The molecule has 0 radical (unpaired) electrons. The molecule has 11 heteroatoms. The highest BCUT2D eigenvalue weighted by Crippen LogP contribution is 2.27. The number of amides is 3. The van der Waals surface area contributed by atoms with E-state index in [0.29, 0.717) is 5.75 Å². The number of carbonyl (C=O) groups excluding carboxylic acids is 3. The van der Waals surface area contributed by atoms with Crippen molar-refractivity contribution in [2.24, 2.45) is 5.92 Å². The summed E-state index contributed by atoms with van der Waals surface area (Å²) in [6.45, 7) is 0. The number of aromatic nitrogens is 1. The number of pyridine rings is 1. The Morgan fingerprint density at radius 1 is 1.09 bits per heavy atom. The molecule has 0 spiro atoms. The Balaban J connectivity index is 1.84. The Labute approximate surface area is 198 Å². The van der Waals surface area contributed by atoms with E-state index in [0.717, 1.165) is 32.1 Å². The Hall–Kier alpha value is -3.44. The van der Waals surface area contributed by atoms with Gasteiger partial charge < -0.3 is 30.7 Å². The summed E-state index contributed by atoms with van der Waals surface area (Å²) in [5.41, 5.74) is 0.330. The van der Waals surface area contributed by atoms with Gasteiger partial charge in [0.1, 0.15) is 17.5 Å². The second kappa shape index (κ2) is 11.6. The first kappa shape index (κ1) is 25.2. The number of hydrogen-bond donors (Lipinski definition) is 5. The lowest BCUT2D eigenvalue weighted by Crippen LogP contribution is -2.50. The molecule has 5 N–H and O–H groups in total. The number of hydrogen-bond acceptors (Lipinski definition) is 7. The summed E-state index contributed by atoms with van der Waals surface area (Å²) in [7, 11) is 1.12. The van der Waals surface area contributed by atoms with Gasteiger partial charge in [-0.05, 0) is 48.5 Å². The second-order valence-electron chi connectivity index (χ2n) is 8.22. The van der Waals surface area contributed by atoms with Gasteiger partial charge in [-0.15, -0.1) is 0 Å². The standard InChI is InChI=1S/C23H29BN4O6/c1-25-23(31)20(14-6-4-3-5-7-14)28-21(29)15-10-16(24(32)33)12-17(11-15)27-22(30)19-13-18(34-2)8-9-26-19/h8-14,20,32-33H,3-7H2,1-2H3,(H,25,31)(H,27,30)(H,28,29)/t20-/m1/s1. The molecule has 3 amide bonds. The van der Waals surface area contributed by atoms with Crippen molar-refractivity contribution in [2.75, 3.05) is 19.5 Å². The predicted molar refractivity (Wildman–Crippen MR) is 127 cm³/mol. The van der Waals surface area contributed by atoms with Crippen LogP contribution in [0.5, 0.6) is 5.75 Å². The van der Waals surface area contributed by atoms with Gasteiger partial charge in [-0.2, -0.15) is 0 Å². The molecule has 10 nitrogen and oxygen atoms in total. The molecule has 1 aromatic heterocycles. The summed E-state index contributed by atoms with van der Waals surface area (Å²) in [6, 6.07) is 6.39. The maximum absolute atomic E-state index is 13.1. The second-order valence-corrected chi connectivity index (χ2v) is 8.22. The average Bonchev–Trinajstić information content (AvgIpc) is 2.86. The van der Waals surface area contributed by atoms with Crippen LogP contribution >= 0.6 is 0 Å². The van der Waals surface area contributed by atoms with Crippen molar-refractivity contribution in [1.29, 1.82) is 0 Å². The molecule has 1 fully saturated rings. The average molecular weight is 468 g/mol. The van der Waals surface area contributed by atoms with E-state index >= 15 is 0 Å².